The van der Waals surface area contributed by atoms with Gasteiger partial charge in [0.25, 0.3) is 0 Å². The van der Waals surface area contributed by atoms with E-state index in [2.05, 4.69) is 53.2 Å². The molecule has 1 atom stereocenters. The molecule has 0 amide bonds. The van der Waals surface area contributed by atoms with Crippen LogP contribution in [0.2, 0.25) is 0 Å². The fraction of sp³-hybridized carbons (Fsp3) is 0.474. The molecule has 1 N–H and O–H groups in total. The number of rotatable bonds is 3. The molecule has 1 aliphatic carbocycles. The quantitative estimate of drug-likeness (QED) is 0.921. The third-order valence-electron chi connectivity index (χ3n) is 5.00. The standard InChI is InChI=1S/C19H24N2O/c1-14-18-10-11-19(21(18)13-12-20-14)15-6-8-17(9-7-15)22-16-4-2-3-5-16/h6-11,14,16,20H,2-5,12-13H2,1H3. The van der Waals surface area contributed by atoms with Gasteiger partial charge in [0.05, 0.1) is 6.10 Å². The average molecular weight is 296 g/mol. The van der Waals surface area contributed by atoms with Crippen molar-refractivity contribution < 1.29 is 4.74 Å². The third-order valence-corrected chi connectivity index (χ3v) is 5.00. The number of fused-ring (bicyclic) bond motifs is 1. The van der Waals surface area contributed by atoms with Crippen LogP contribution in [0.5, 0.6) is 5.75 Å². The summed E-state index contributed by atoms with van der Waals surface area (Å²) in [4.78, 5) is 0. The molecular formula is C19H24N2O. The fourth-order valence-electron chi connectivity index (χ4n) is 3.76. The number of nitrogens with one attached hydrogen (secondary N) is 1. The smallest absolute Gasteiger partial charge is 0.119 e. The normalized spacial score (nSPS) is 21.8. The topological polar surface area (TPSA) is 26.2 Å². The maximum atomic E-state index is 6.06. The first kappa shape index (κ1) is 13.9. The highest BCUT2D eigenvalue weighted by Gasteiger charge is 2.19. The molecular weight excluding hydrogens is 272 g/mol. The highest BCUT2D eigenvalue weighted by molar-refractivity contribution is 5.62. The number of benzene rings is 1. The molecule has 1 aliphatic heterocycles. The predicted octanol–water partition coefficient (Wildman–Crippen LogP) is 4.14. The zero-order valence-corrected chi connectivity index (χ0v) is 13.2. The summed E-state index contributed by atoms with van der Waals surface area (Å²) >= 11 is 0. The van der Waals surface area contributed by atoms with E-state index in [9.17, 15) is 0 Å². The molecule has 3 nitrogen and oxygen atoms in total. The minimum atomic E-state index is 0.429. The first-order valence-corrected chi connectivity index (χ1v) is 8.51. The van der Waals surface area contributed by atoms with Crippen LogP contribution in [0.3, 0.4) is 0 Å². The Morgan fingerprint density at radius 2 is 1.82 bits per heavy atom. The molecule has 0 saturated heterocycles. The van der Waals surface area contributed by atoms with Gasteiger partial charge < -0.3 is 14.6 Å². The van der Waals surface area contributed by atoms with Crippen molar-refractivity contribution in [3.05, 3.63) is 42.1 Å². The summed E-state index contributed by atoms with van der Waals surface area (Å²) in [5.74, 6) is 1.01. The van der Waals surface area contributed by atoms with E-state index in [1.54, 1.807) is 0 Å². The second-order valence-corrected chi connectivity index (χ2v) is 6.52. The zero-order valence-electron chi connectivity index (χ0n) is 13.2. The molecule has 2 heterocycles. The van der Waals surface area contributed by atoms with Gasteiger partial charge in [-0.15, -0.1) is 0 Å². The number of ether oxygens (including phenoxy) is 1. The lowest BCUT2D eigenvalue weighted by Gasteiger charge is -2.25. The number of aromatic nitrogens is 1. The van der Waals surface area contributed by atoms with Crippen LogP contribution in [0.1, 0.15) is 44.3 Å². The Kier molecular flexibility index (Phi) is 3.67. The summed E-state index contributed by atoms with van der Waals surface area (Å²) in [7, 11) is 0. The largest absolute Gasteiger partial charge is 0.490 e. The van der Waals surface area contributed by atoms with Crippen LogP contribution in [-0.4, -0.2) is 17.2 Å². The lowest BCUT2D eigenvalue weighted by Crippen LogP contribution is -2.31. The predicted molar refractivity (Wildman–Crippen MR) is 89.2 cm³/mol. The summed E-state index contributed by atoms with van der Waals surface area (Å²) in [6.45, 7) is 4.31. The van der Waals surface area contributed by atoms with E-state index in [4.69, 9.17) is 4.74 Å². The average Bonchev–Trinajstić information content (AvgIpc) is 3.18. The molecule has 116 valence electrons. The van der Waals surface area contributed by atoms with Crippen LogP contribution < -0.4 is 10.1 Å². The zero-order chi connectivity index (χ0) is 14.9. The van der Waals surface area contributed by atoms with Crippen LogP contribution in [-0.2, 0) is 6.54 Å². The molecule has 1 unspecified atom stereocenters. The minimum absolute atomic E-state index is 0.429. The second-order valence-electron chi connectivity index (χ2n) is 6.52. The van der Waals surface area contributed by atoms with E-state index < -0.39 is 0 Å². The van der Waals surface area contributed by atoms with E-state index in [-0.39, 0.29) is 0 Å². The lowest BCUT2D eigenvalue weighted by molar-refractivity contribution is 0.210. The van der Waals surface area contributed by atoms with Crippen molar-refractivity contribution in [2.75, 3.05) is 6.54 Å². The van der Waals surface area contributed by atoms with E-state index >= 15 is 0 Å². The Balaban J connectivity index is 1.55. The van der Waals surface area contributed by atoms with Gasteiger partial charge >= 0.3 is 0 Å². The second kappa shape index (κ2) is 5.81. The third kappa shape index (κ3) is 2.54. The van der Waals surface area contributed by atoms with Crippen molar-refractivity contribution in [2.45, 2.75) is 51.3 Å². The molecule has 2 aromatic rings. The SMILES string of the molecule is CC1NCCn2c(-c3ccc(OC4CCCC4)cc3)ccc21. The number of hydrogen-bond acceptors (Lipinski definition) is 2. The molecule has 22 heavy (non-hydrogen) atoms. The van der Waals surface area contributed by atoms with Gasteiger partial charge in [-0.1, -0.05) is 0 Å². The van der Waals surface area contributed by atoms with Crippen LogP contribution >= 0.6 is 0 Å². The van der Waals surface area contributed by atoms with Gasteiger partial charge in [0.2, 0.25) is 0 Å². The van der Waals surface area contributed by atoms with E-state index in [1.807, 2.05) is 0 Å². The minimum Gasteiger partial charge on any atom is -0.490 e. The Hall–Kier alpha value is -1.74. The molecule has 1 aromatic heterocycles. The van der Waals surface area contributed by atoms with Crippen molar-refractivity contribution in [1.29, 1.82) is 0 Å². The summed E-state index contributed by atoms with van der Waals surface area (Å²) in [5, 5.41) is 3.51. The van der Waals surface area contributed by atoms with Crippen molar-refractivity contribution in [3.63, 3.8) is 0 Å². The van der Waals surface area contributed by atoms with Gasteiger partial charge in [-0.2, -0.15) is 0 Å². The monoisotopic (exact) mass is 296 g/mol. The molecule has 1 aromatic carbocycles. The number of nitrogens with zero attached hydrogens (tertiary/aromatic N) is 1. The first-order valence-electron chi connectivity index (χ1n) is 8.51. The van der Waals surface area contributed by atoms with E-state index in [0.29, 0.717) is 12.1 Å². The van der Waals surface area contributed by atoms with Crippen LogP contribution in [0, 0.1) is 0 Å². The molecule has 2 aliphatic rings. The number of hydrogen-bond donors (Lipinski definition) is 1. The Morgan fingerprint density at radius 3 is 2.59 bits per heavy atom. The van der Waals surface area contributed by atoms with Crippen molar-refractivity contribution in [3.8, 4) is 17.0 Å². The van der Waals surface area contributed by atoms with Crippen molar-refractivity contribution in [1.82, 2.24) is 9.88 Å². The van der Waals surface area contributed by atoms with Crippen LogP contribution in [0.25, 0.3) is 11.3 Å². The molecule has 3 heteroatoms. The molecule has 0 bridgehead atoms. The Labute approximate surface area is 132 Å². The molecule has 0 spiro atoms. The van der Waals surface area contributed by atoms with Crippen molar-refractivity contribution in [2.24, 2.45) is 0 Å². The van der Waals surface area contributed by atoms with Gasteiger partial charge in [0.1, 0.15) is 5.75 Å². The molecule has 4 rings (SSSR count). The molecule has 0 radical (unpaired) electrons. The fourth-order valence-corrected chi connectivity index (χ4v) is 3.76. The van der Waals surface area contributed by atoms with Gasteiger partial charge in [-0.3, -0.25) is 0 Å². The summed E-state index contributed by atoms with van der Waals surface area (Å²) in [5.41, 5.74) is 3.97. The Bertz CT molecular complexity index is 638. The van der Waals surface area contributed by atoms with Crippen LogP contribution in [0.4, 0.5) is 0 Å². The van der Waals surface area contributed by atoms with Gasteiger partial charge in [0.15, 0.2) is 0 Å². The first-order chi connectivity index (χ1) is 10.8. The highest BCUT2D eigenvalue weighted by Crippen LogP contribution is 2.30. The maximum absolute atomic E-state index is 6.06. The lowest BCUT2D eigenvalue weighted by atomic mass is 10.1. The van der Waals surface area contributed by atoms with Crippen LogP contribution in [0.15, 0.2) is 36.4 Å². The van der Waals surface area contributed by atoms with Gasteiger partial charge in [-0.05, 0) is 74.6 Å². The maximum Gasteiger partial charge on any atom is 0.119 e. The summed E-state index contributed by atoms with van der Waals surface area (Å²) < 4.78 is 8.50. The van der Waals surface area contributed by atoms with Gasteiger partial charge in [0, 0.05) is 30.5 Å². The highest BCUT2D eigenvalue weighted by atomic mass is 16.5. The summed E-state index contributed by atoms with van der Waals surface area (Å²) in [6, 6.07) is 13.6. The molecule has 1 fully saturated rings. The van der Waals surface area contributed by atoms with Crippen molar-refractivity contribution >= 4 is 0 Å². The Morgan fingerprint density at radius 1 is 1.05 bits per heavy atom. The van der Waals surface area contributed by atoms with E-state index in [0.717, 1.165) is 18.8 Å². The molecule has 1 saturated carbocycles. The van der Waals surface area contributed by atoms with Gasteiger partial charge in [-0.25, -0.2) is 0 Å². The summed E-state index contributed by atoms with van der Waals surface area (Å²) in [6.07, 6.45) is 5.47. The van der Waals surface area contributed by atoms with E-state index in [1.165, 1.54) is 42.6 Å².